The molecule has 2 aromatic heterocycles. The number of aryl methyl sites for hydroxylation is 1. The molecule has 1 aliphatic carbocycles. The number of thiophene rings is 1. The first-order chi connectivity index (χ1) is 11.2. The molecule has 4 rings (SSSR count). The van der Waals surface area contributed by atoms with Crippen molar-refractivity contribution >= 4 is 33.3 Å². The fourth-order valence-corrected chi connectivity index (χ4v) is 4.43. The van der Waals surface area contributed by atoms with E-state index in [1.807, 2.05) is 0 Å². The highest BCUT2D eigenvalue weighted by atomic mass is 32.1. The second kappa shape index (κ2) is 6.07. The van der Waals surface area contributed by atoms with Gasteiger partial charge in [-0.3, -0.25) is 4.79 Å². The second-order valence-corrected chi connectivity index (χ2v) is 7.57. The fourth-order valence-electron chi connectivity index (χ4n) is 3.41. The molecular formula is C17H22N4OS. The molecule has 0 spiro atoms. The van der Waals surface area contributed by atoms with Gasteiger partial charge in [-0.2, -0.15) is 0 Å². The minimum absolute atomic E-state index is 0.161. The lowest BCUT2D eigenvalue weighted by molar-refractivity contribution is -0.126. The van der Waals surface area contributed by atoms with Crippen molar-refractivity contribution in [2.24, 2.45) is 5.92 Å². The predicted molar refractivity (Wildman–Crippen MR) is 92.9 cm³/mol. The molecular weight excluding hydrogens is 308 g/mol. The van der Waals surface area contributed by atoms with Crippen LogP contribution in [0.3, 0.4) is 0 Å². The van der Waals surface area contributed by atoms with E-state index in [9.17, 15) is 4.79 Å². The van der Waals surface area contributed by atoms with Gasteiger partial charge in [-0.15, -0.1) is 11.3 Å². The minimum Gasteiger partial charge on any atom is -0.355 e. The number of fused-ring (bicyclic) bond motifs is 1. The summed E-state index contributed by atoms with van der Waals surface area (Å²) in [6, 6.07) is 0.441. The lowest BCUT2D eigenvalue weighted by Crippen LogP contribution is -2.46. The average Bonchev–Trinajstić information content (AvgIpc) is 2.92. The van der Waals surface area contributed by atoms with Gasteiger partial charge in [0.25, 0.3) is 0 Å². The van der Waals surface area contributed by atoms with Crippen molar-refractivity contribution in [1.82, 2.24) is 15.3 Å². The van der Waals surface area contributed by atoms with Crippen molar-refractivity contribution in [3.63, 3.8) is 0 Å². The standard InChI is InChI=1S/C17H22N4OS/c1-11-9-23-15-14(11)18-10-19-16(15)21-7-5-12(6-8-21)17(22)20-13-3-2-4-13/h9-10,12-13H,2-8H2,1H3,(H,20,22). The van der Waals surface area contributed by atoms with Crippen molar-refractivity contribution in [3.8, 4) is 0 Å². The molecule has 0 bridgehead atoms. The monoisotopic (exact) mass is 330 g/mol. The Morgan fingerprint density at radius 3 is 2.74 bits per heavy atom. The van der Waals surface area contributed by atoms with Crippen molar-refractivity contribution in [2.75, 3.05) is 18.0 Å². The van der Waals surface area contributed by atoms with E-state index in [-0.39, 0.29) is 11.8 Å². The number of nitrogens with one attached hydrogen (secondary N) is 1. The summed E-state index contributed by atoms with van der Waals surface area (Å²) in [6.45, 7) is 3.88. The van der Waals surface area contributed by atoms with Crippen LogP contribution < -0.4 is 10.2 Å². The zero-order chi connectivity index (χ0) is 15.8. The van der Waals surface area contributed by atoms with Gasteiger partial charge in [-0.1, -0.05) is 0 Å². The highest BCUT2D eigenvalue weighted by molar-refractivity contribution is 7.18. The number of rotatable bonds is 3. The summed E-state index contributed by atoms with van der Waals surface area (Å²) in [5.74, 6) is 1.45. The first-order valence-corrected chi connectivity index (χ1v) is 9.34. The fraction of sp³-hybridized carbons (Fsp3) is 0.588. The lowest BCUT2D eigenvalue weighted by Gasteiger charge is -2.34. The molecule has 0 aromatic carbocycles. The number of aromatic nitrogens is 2. The van der Waals surface area contributed by atoms with Crippen LogP contribution >= 0.6 is 11.3 Å². The SMILES string of the molecule is Cc1csc2c(N3CCC(C(=O)NC4CCC4)CC3)ncnc12. The van der Waals surface area contributed by atoms with Gasteiger partial charge in [0.1, 0.15) is 12.1 Å². The van der Waals surface area contributed by atoms with Crippen LogP contribution in [-0.4, -0.2) is 35.0 Å². The maximum absolute atomic E-state index is 12.3. The van der Waals surface area contributed by atoms with E-state index in [0.29, 0.717) is 6.04 Å². The largest absolute Gasteiger partial charge is 0.355 e. The van der Waals surface area contributed by atoms with Crippen molar-refractivity contribution in [3.05, 3.63) is 17.3 Å². The van der Waals surface area contributed by atoms with E-state index < -0.39 is 0 Å². The maximum atomic E-state index is 12.3. The van der Waals surface area contributed by atoms with Crippen molar-refractivity contribution in [1.29, 1.82) is 0 Å². The summed E-state index contributed by atoms with van der Waals surface area (Å²) in [4.78, 5) is 23.5. The number of hydrogen-bond acceptors (Lipinski definition) is 5. The van der Waals surface area contributed by atoms with Crippen LogP contribution in [0.1, 0.15) is 37.7 Å². The highest BCUT2D eigenvalue weighted by Gasteiger charge is 2.29. The second-order valence-electron chi connectivity index (χ2n) is 6.69. The zero-order valence-electron chi connectivity index (χ0n) is 13.4. The first kappa shape index (κ1) is 14.9. The molecule has 2 aliphatic rings. The number of amides is 1. The smallest absolute Gasteiger partial charge is 0.223 e. The van der Waals surface area contributed by atoms with Crippen LogP contribution in [0.25, 0.3) is 10.2 Å². The van der Waals surface area contributed by atoms with E-state index in [1.54, 1.807) is 17.7 Å². The highest BCUT2D eigenvalue weighted by Crippen LogP contribution is 2.33. The summed E-state index contributed by atoms with van der Waals surface area (Å²) >= 11 is 1.71. The van der Waals surface area contributed by atoms with Crippen molar-refractivity contribution < 1.29 is 4.79 Å². The van der Waals surface area contributed by atoms with Crippen LogP contribution in [0.15, 0.2) is 11.7 Å². The lowest BCUT2D eigenvalue weighted by atomic mass is 9.90. The molecule has 2 aromatic rings. The van der Waals surface area contributed by atoms with Gasteiger partial charge in [-0.05, 0) is 50.0 Å². The molecule has 5 nitrogen and oxygen atoms in total. The molecule has 122 valence electrons. The Morgan fingerprint density at radius 1 is 1.26 bits per heavy atom. The molecule has 3 heterocycles. The molecule has 2 fully saturated rings. The van der Waals surface area contributed by atoms with Crippen molar-refractivity contribution in [2.45, 2.75) is 45.1 Å². The third-order valence-electron chi connectivity index (χ3n) is 5.13. The Labute approximate surface area is 140 Å². The van der Waals surface area contributed by atoms with Crippen LogP contribution in [0.2, 0.25) is 0 Å². The summed E-state index contributed by atoms with van der Waals surface area (Å²) in [5.41, 5.74) is 2.27. The minimum atomic E-state index is 0.161. The van der Waals surface area contributed by atoms with E-state index in [0.717, 1.165) is 50.1 Å². The van der Waals surface area contributed by atoms with E-state index in [1.165, 1.54) is 16.7 Å². The summed E-state index contributed by atoms with van der Waals surface area (Å²) in [7, 11) is 0. The quantitative estimate of drug-likeness (QED) is 0.940. The Kier molecular flexibility index (Phi) is 3.93. The third-order valence-corrected chi connectivity index (χ3v) is 6.21. The number of carbonyl (C=O) groups excluding carboxylic acids is 1. The Hall–Kier alpha value is -1.69. The predicted octanol–water partition coefficient (Wildman–Crippen LogP) is 2.88. The van der Waals surface area contributed by atoms with Gasteiger partial charge in [-0.25, -0.2) is 9.97 Å². The Balaban J connectivity index is 1.43. The van der Waals surface area contributed by atoms with Gasteiger partial charge in [0.15, 0.2) is 0 Å². The molecule has 0 radical (unpaired) electrons. The van der Waals surface area contributed by atoms with Crippen LogP contribution in [0, 0.1) is 12.8 Å². The topological polar surface area (TPSA) is 58.1 Å². The number of nitrogens with zero attached hydrogens (tertiary/aromatic N) is 3. The molecule has 1 aliphatic heterocycles. The number of anilines is 1. The van der Waals surface area contributed by atoms with Gasteiger partial charge in [0.2, 0.25) is 5.91 Å². The first-order valence-electron chi connectivity index (χ1n) is 8.46. The molecule has 0 atom stereocenters. The summed E-state index contributed by atoms with van der Waals surface area (Å²) in [5, 5.41) is 5.33. The average molecular weight is 330 g/mol. The molecule has 0 unspecified atom stereocenters. The van der Waals surface area contributed by atoms with Gasteiger partial charge in [0, 0.05) is 25.0 Å². The maximum Gasteiger partial charge on any atom is 0.223 e. The Morgan fingerprint density at radius 2 is 2.04 bits per heavy atom. The zero-order valence-corrected chi connectivity index (χ0v) is 14.2. The summed E-state index contributed by atoms with van der Waals surface area (Å²) < 4.78 is 1.17. The molecule has 23 heavy (non-hydrogen) atoms. The van der Waals surface area contributed by atoms with Gasteiger partial charge < -0.3 is 10.2 Å². The van der Waals surface area contributed by atoms with Gasteiger partial charge in [0.05, 0.1) is 10.2 Å². The molecule has 1 saturated carbocycles. The number of carbonyl (C=O) groups is 1. The number of piperidine rings is 1. The third kappa shape index (κ3) is 2.80. The van der Waals surface area contributed by atoms with Crippen LogP contribution in [-0.2, 0) is 4.79 Å². The normalized spacial score (nSPS) is 19.8. The van der Waals surface area contributed by atoms with Crippen LogP contribution in [0.5, 0.6) is 0 Å². The molecule has 1 N–H and O–H groups in total. The van der Waals surface area contributed by atoms with Crippen LogP contribution in [0.4, 0.5) is 5.82 Å². The number of hydrogen-bond donors (Lipinski definition) is 1. The van der Waals surface area contributed by atoms with E-state index >= 15 is 0 Å². The van der Waals surface area contributed by atoms with E-state index in [4.69, 9.17) is 0 Å². The van der Waals surface area contributed by atoms with E-state index in [2.05, 4.69) is 32.5 Å². The molecule has 6 heteroatoms. The molecule has 1 amide bonds. The Bertz CT molecular complexity index is 716. The van der Waals surface area contributed by atoms with Gasteiger partial charge >= 0.3 is 0 Å². The summed E-state index contributed by atoms with van der Waals surface area (Å²) in [6.07, 6.45) is 7.05. The molecule has 1 saturated heterocycles.